The molecule has 6 heteroatoms. The van der Waals surface area contributed by atoms with Gasteiger partial charge >= 0.3 is 0 Å². The fraction of sp³-hybridized carbons (Fsp3) is 0.400. The maximum absolute atomic E-state index is 5.35. The van der Waals surface area contributed by atoms with Crippen molar-refractivity contribution in [3.05, 3.63) is 23.6 Å². The van der Waals surface area contributed by atoms with Crippen LogP contribution in [0.25, 0.3) is 11.3 Å². The quantitative estimate of drug-likeness (QED) is 0.938. The second-order valence-corrected chi connectivity index (χ2v) is 5.66. The highest BCUT2D eigenvalue weighted by molar-refractivity contribution is 7.14. The van der Waals surface area contributed by atoms with E-state index < -0.39 is 0 Å². The van der Waals surface area contributed by atoms with Crippen LogP contribution < -0.4 is 19.7 Å². The second kappa shape index (κ2) is 6.32. The first kappa shape index (κ1) is 14.2. The van der Waals surface area contributed by atoms with Gasteiger partial charge in [-0.2, -0.15) is 0 Å². The Morgan fingerprint density at radius 2 is 1.90 bits per heavy atom. The van der Waals surface area contributed by atoms with Crippen LogP contribution in [0.2, 0.25) is 0 Å². The van der Waals surface area contributed by atoms with Crippen LogP contribution in [0.5, 0.6) is 11.5 Å². The van der Waals surface area contributed by atoms with Crippen LogP contribution in [0.15, 0.2) is 23.6 Å². The van der Waals surface area contributed by atoms with E-state index in [2.05, 4.69) is 15.6 Å². The topological polar surface area (TPSA) is 46.6 Å². The molecule has 0 unspecified atom stereocenters. The molecular formula is C15H19N3O2S. The van der Waals surface area contributed by atoms with Crippen LogP contribution >= 0.6 is 11.3 Å². The average molecular weight is 305 g/mol. The Kier molecular flexibility index (Phi) is 4.26. The monoisotopic (exact) mass is 305 g/mol. The molecule has 0 radical (unpaired) electrons. The Hall–Kier alpha value is -1.79. The number of piperazine rings is 1. The first-order valence-corrected chi connectivity index (χ1v) is 7.83. The molecule has 1 aromatic heterocycles. The van der Waals surface area contributed by atoms with Crippen molar-refractivity contribution >= 4 is 16.5 Å². The normalized spacial score (nSPS) is 15.0. The molecule has 2 aromatic rings. The van der Waals surface area contributed by atoms with E-state index in [0.717, 1.165) is 54.1 Å². The Morgan fingerprint density at radius 3 is 2.62 bits per heavy atom. The summed E-state index contributed by atoms with van der Waals surface area (Å²) in [5.74, 6) is 1.46. The summed E-state index contributed by atoms with van der Waals surface area (Å²) in [6.45, 7) is 4.06. The summed E-state index contributed by atoms with van der Waals surface area (Å²) in [6.07, 6.45) is 0. The Bertz CT molecular complexity index is 609. The number of aromatic nitrogens is 1. The number of hydrogen-bond donors (Lipinski definition) is 1. The van der Waals surface area contributed by atoms with Crippen molar-refractivity contribution in [3.8, 4) is 22.8 Å². The van der Waals surface area contributed by atoms with Gasteiger partial charge in [-0.15, -0.1) is 11.3 Å². The molecule has 2 heterocycles. The van der Waals surface area contributed by atoms with E-state index in [1.807, 2.05) is 18.2 Å². The minimum atomic E-state index is 0.728. The summed E-state index contributed by atoms with van der Waals surface area (Å²) in [7, 11) is 3.29. The lowest BCUT2D eigenvalue weighted by molar-refractivity contribution is 0.355. The number of anilines is 1. The highest BCUT2D eigenvalue weighted by atomic mass is 32.1. The summed E-state index contributed by atoms with van der Waals surface area (Å²) in [5.41, 5.74) is 2.03. The number of benzene rings is 1. The van der Waals surface area contributed by atoms with E-state index in [4.69, 9.17) is 14.5 Å². The molecule has 1 saturated heterocycles. The molecule has 3 rings (SSSR count). The summed E-state index contributed by atoms with van der Waals surface area (Å²) in [6, 6.07) is 5.89. The predicted octanol–water partition coefficient (Wildman–Crippen LogP) is 2.24. The van der Waals surface area contributed by atoms with Gasteiger partial charge in [0.15, 0.2) is 16.6 Å². The van der Waals surface area contributed by atoms with Gasteiger partial charge < -0.3 is 19.7 Å². The minimum Gasteiger partial charge on any atom is -0.493 e. The summed E-state index contributed by atoms with van der Waals surface area (Å²) in [5, 5.41) is 6.54. The van der Waals surface area contributed by atoms with Gasteiger partial charge in [-0.05, 0) is 18.2 Å². The van der Waals surface area contributed by atoms with Crippen LogP contribution in [-0.2, 0) is 0 Å². The van der Waals surface area contributed by atoms with E-state index >= 15 is 0 Å². The number of nitrogens with zero attached hydrogens (tertiary/aromatic N) is 2. The highest BCUT2D eigenvalue weighted by Gasteiger charge is 2.15. The highest BCUT2D eigenvalue weighted by Crippen LogP contribution is 2.34. The van der Waals surface area contributed by atoms with E-state index in [1.165, 1.54) is 0 Å². The van der Waals surface area contributed by atoms with Gasteiger partial charge in [0.25, 0.3) is 0 Å². The van der Waals surface area contributed by atoms with Crippen LogP contribution in [0.4, 0.5) is 5.13 Å². The van der Waals surface area contributed by atoms with E-state index in [9.17, 15) is 0 Å². The first-order chi connectivity index (χ1) is 10.3. The van der Waals surface area contributed by atoms with Gasteiger partial charge in [0.2, 0.25) is 0 Å². The molecule has 0 atom stereocenters. The maximum Gasteiger partial charge on any atom is 0.185 e. The van der Waals surface area contributed by atoms with Gasteiger partial charge in [0.05, 0.1) is 19.9 Å². The van der Waals surface area contributed by atoms with Gasteiger partial charge in [-0.3, -0.25) is 0 Å². The SMILES string of the molecule is COc1ccc(-c2csc(N3CCNCC3)n2)cc1OC. The Morgan fingerprint density at radius 1 is 1.14 bits per heavy atom. The van der Waals surface area contributed by atoms with E-state index in [-0.39, 0.29) is 0 Å². The Balaban J connectivity index is 1.85. The number of thiazole rings is 1. The van der Waals surface area contributed by atoms with Gasteiger partial charge in [0.1, 0.15) is 0 Å². The Labute approximate surface area is 128 Å². The molecule has 1 fully saturated rings. The van der Waals surface area contributed by atoms with Gasteiger partial charge in [-0.1, -0.05) is 0 Å². The third-order valence-electron chi connectivity index (χ3n) is 3.56. The third-order valence-corrected chi connectivity index (χ3v) is 4.46. The molecule has 0 saturated carbocycles. The average Bonchev–Trinajstić information content (AvgIpc) is 3.05. The van der Waals surface area contributed by atoms with Crippen LogP contribution in [0.3, 0.4) is 0 Å². The number of rotatable bonds is 4. The lowest BCUT2D eigenvalue weighted by Crippen LogP contribution is -2.43. The predicted molar refractivity (Wildman–Crippen MR) is 85.7 cm³/mol. The molecule has 112 valence electrons. The summed E-state index contributed by atoms with van der Waals surface area (Å²) < 4.78 is 10.6. The lowest BCUT2D eigenvalue weighted by atomic mass is 10.1. The maximum atomic E-state index is 5.35. The summed E-state index contributed by atoms with van der Waals surface area (Å²) in [4.78, 5) is 7.08. The molecule has 0 bridgehead atoms. The minimum absolute atomic E-state index is 0.728. The molecule has 1 aliphatic rings. The molecule has 1 N–H and O–H groups in total. The van der Waals surface area contributed by atoms with E-state index in [1.54, 1.807) is 25.6 Å². The standard InChI is InChI=1S/C15H19N3O2S/c1-19-13-4-3-11(9-14(13)20-2)12-10-21-15(17-12)18-7-5-16-6-8-18/h3-4,9-10,16H,5-8H2,1-2H3. The number of nitrogens with one attached hydrogen (secondary N) is 1. The largest absolute Gasteiger partial charge is 0.493 e. The van der Waals surface area contributed by atoms with E-state index in [0.29, 0.717) is 0 Å². The van der Waals surface area contributed by atoms with Crippen molar-refractivity contribution in [2.45, 2.75) is 0 Å². The smallest absolute Gasteiger partial charge is 0.185 e. The number of hydrogen-bond acceptors (Lipinski definition) is 6. The zero-order chi connectivity index (χ0) is 14.7. The number of methoxy groups -OCH3 is 2. The van der Waals surface area contributed by atoms with Gasteiger partial charge in [-0.25, -0.2) is 4.98 Å². The molecular weight excluding hydrogens is 286 g/mol. The van der Waals surface area contributed by atoms with Crippen LogP contribution in [-0.4, -0.2) is 45.4 Å². The van der Waals surface area contributed by atoms with Crippen molar-refractivity contribution in [2.24, 2.45) is 0 Å². The molecule has 5 nitrogen and oxygen atoms in total. The lowest BCUT2D eigenvalue weighted by Gasteiger charge is -2.26. The molecule has 1 aromatic carbocycles. The molecule has 21 heavy (non-hydrogen) atoms. The van der Waals surface area contributed by atoms with Crippen molar-refractivity contribution in [2.75, 3.05) is 45.3 Å². The molecule has 1 aliphatic heterocycles. The van der Waals surface area contributed by atoms with Crippen molar-refractivity contribution in [1.29, 1.82) is 0 Å². The van der Waals surface area contributed by atoms with Crippen molar-refractivity contribution in [3.63, 3.8) is 0 Å². The molecule has 0 spiro atoms. The third kappa shape index (κ3) is 2.96. The second-order valence-electron chi connectivity index (χ2n) is 4.82. The fourth-order valence-electron chi connectivity index (χ4n) is 2.39. The molecule has 0 aliphatic carbocycles. The van der Waals surface area contributed by atoms with Crippen LogP contribution in [0.1, 0.15) is 0 Å². The first-order valence-electron chi connectivity index (χ1n) is 6.95. The zero-order valence-electron chi connectivity index (χ0n) is 12.3. The van der Waals surface area contributed by atoms with Crippen molar-refractivity contribution < 1.29 is 9.47 Å². The fourth-order valence-corrected chi connectivity index (χ4v) is 3.28. The summed E-state index contributed by atoms with van der Waals surface area (Å²) >= 11 is 1.69. The number of ether oxygens (including phenoxy) is 2. The van der Waals surface area contributed by atoms with Crippen molar-refractivity contribution in [1.82, 2.24) is 10.3 Å². The molecule has 0 amide bonds. The van der Waals surface area contributed by atoms with Gasteiger partial charge in [0, 0.05) is 37.1 Å². The van der Waals surface area contributed by atoms with Crippen LogP contribution in [0, 0.1) is 0 Å². The zero-order valence-corrected chi connectivity index (χ0v) is 13.1.